The molecular formula is C22H16F4N4O. The Balaban J connectivity index is 2.01. The second kappa shape index (κ2) is 7.50. The number of alkyl halides is 1. The van der Waals surface area contributed by atoms with Crippen molar-refractivity contribution >= 4 is 11.9 Å². The zero-order chi connectivity index (χ0) is 22.3. The Morgan fingerprint density at radius 1 is 1.03 bits per heavy atom. The van der Waals surface area contributed by atoms with E-state index in [1.807, 2.05) is 0 Å². The monoisotopic (exact) mass is 428 g/mol. The Morgan fingerprint density at radius 3 is 2.35 bits per heavy atom. The van der Waals surface area contributed by atoms with Gasteiger partial charge < -0.3 is 5.73 Å². The second-order valence-corrected chi connectivity index (χ2v) is 7.04. The fourth-order valence-electron chi connectivity index (χ4n) is 3.60. The maximum absolute atomic E-state index is 14.7. The van der Waals surface area contributed by atoms with Gasteiger partial charge in [0.1, 0.15) is 12.5 Å². The molecule has 1 atom stereocenters. The number of guanidine groups is 1. The number of halogens is 4. The minimum atomic E-state index is -1.87. The van der Waals surface area contributed by atoms with Crippen LogP contribution in [0.5, 0.6) is 0 Å². The van der Waals surface area contributed by atoms with Gasteiger partial charge in [0.2, 0.25) is 0 Å². The van der Waals surface area contributed by atoms with Crippen LogP contribution in [0, 0.1) is 17.5 Å². The first-order valence-electron chi connectivity index (χ1n) is 9.18. The molecule has 1 aliphatic heterocycles. The summed E-state index contributed by atoms with van der Waals surface area (Å²) in [6.07, 6.45) is 1.30. The number of amides is 1. The van der Waals surface area contributed by atoms with E-state index in [1.54, 1.807) is 0 Å². The molecule has 9 heteroatoms. The summed E-state index contributed by atoms with van der Waals surface area (Å²) in [5.74, 6) is -3.71. The van der Waals surface area contributed by atoms with Crippen LogP contribution in [0.15, 0.2) is 59.7 Å². The lowest BCUT2D eigenvalue weighted by molar-refractivity contribution is -0.129. The molecule has 1 amide bonds. The third-order valence-corrected chi connectivity index (χ3v) is 5.21. The first-order valence-corrected chi connectivity index (χ1v) is 9.18. The average molecular weight is 428 g/mol. The first-order chi connectivity index (χ1) is 14.8. The van der Waals surface area contributed by atoms with Crippen LogP contribution in [-0.4, -0.2) is 28.8 Å². The van der Waals surface area contributed by atoms with E-state index in [-0.39, 0.29) is 33.9 Å². The molecule has 31 heavy (non-hydrogen) atoms. The summed E-state index contributed by atoms with van der Waals surface area (Å²) in [6.45, 7) is -0.897. The smallest absolute Gasteiger partial charge is 0.266 e. The van der Waals surface area contributed by atoms with Gasteiger partial charge in [0.25, 0.3) is 5.91 Å². The van der Waals surface area contributed by atoms with E-state index in [4.69, 9.17) is 5.73 Å². The van der Waals surface area contributed by atoms with Gasteiger partial charge in [-0.3, -0.25) is 14.7 Å². The van der Waals surface area contributed by atoms with Crippen LogP contribution in [0.25, 0.3) is 11.1 Å². The lowest BCUT2D eigenvalue weighted by atomic mass is 9.81. The minimum absolute atomic E-state index is 0.0148. The molecule has 2 heterocycles. The highest BCUT2D eigenvalue weighted by Gasteiger charge is 2.50. The van der Waals surface area contributed by atoms with Crippen LogP contribution in [0.2, 0.25) is 0 Å². The van der Waals surface area contributed by atoms with Crippen molar-refractivity contribution in [1.82, 2.24) is 9.88 Å². The molecule has 0 saturated carbocycles. The van der Waals surface area contributed by atoms with Crippen molar-refractivity contribution in [3.63, 3.8) is 0 Å². The number of benzene rings is 2. The number of nitrogens with zero attached hydrogens (tertiary/aromatic N) is 3. The number of pyridine rings is 1. The van der Waals surface area contributed by atoms with Crippen molar-refractivity contribution in [1.29, 1.82) is 0 Å². The van der Waals surface area contributed by atoms with Crippen molar-refractivity contribution in [2.45, 2.75) is 12.2 Å². The summed E-state index contributed by atoms with van der Waals surface area (Å²) in [4.78, 5) is 22.5. The number of rotatable bonds is 4. The molecule has 2 N–H and O–H groups in total. The van der Waals surface area contributed by atoms with Crippen molar-refractivity contribution in [2.24, 2.45) is 10.7 Å². The standard InChI is InChI=1S/C22H16F4N4O/c1-30-20(31)22(29-21(30)27,13-6-7-28-16(8-13)11-23)14-9-17(19(26)18(25)10-14)12-2-4-15(24)5-3-12/h2-10H,11H2,1H3,(H2,27,29). The number of carbonyl (C=O) groups excluding carboxylic acids is 1. The Morgan fingerprint density at radius 2 is 1.74 bits per heavy atom. The van der Waals surface area contributed by atoms with E-state index in [2.05, 4.69) is 9.98 Å². The van der Waals surface area contributed by atoms with Crippen molar-refractivity contribution < 1.29 is 22.4 Å². The number of hydrogen-bond acceptors (Lipinski definition) is 4. The summed E-state index contributed by atoms with van der Waals surface area (Å²) in [5.41, 5.74) is 4.24. The van der Waals surface area contributed by atoms with Gasteiger partial charge in [-0.1, -0.05) is 12.1 Å². The minimum Gasteiger partial charge on any atom is -0.369 e. The first kappa shape index (κ1) is 20.5. The molecule has 1 aliphatic rings. The Bertz CT molecular complexity index is 1210. The molecule has 0 spiro atoms. The Kier molecular flexibility index (Phi) is 4.96. The molecule has 2 aromatic carbocycles. The summed E-state index contributed by atoms with van der Waals surface area (Å²) in [7, 11) is 1.39. The zero-order valence-electron chi connectivity index (χ0n) is 16.2. The van der Waals surface area contributed by atoms with Crippen LogP contribution in [0.1, 0.15) is 16.8 Å². The summed E-state index contributed by atoms with van der Waals surface area (Å²) in [5, 5.41) is 0. The summed E-state index contributed by atoms with van der Waals surface area (Å²) >= 11 is 0. The average Bonchev–Trinajstić information content (AvgIpc) is 3.01. The van der Waals surface area contributed by atoms with Crippen molar-refractivity contribution in [2.75, 3.05) is 7.05 Å². The van der Waals surface area contributed by atoms with Gasteiger partial charge in [-0.05, 0) is 53.1 Å². The summed E-state index contributed by atoms with van der Waals surface area (Å²) < 4.78 is 55.9. The number of carbonyl (C=O) groups is 1. The maximum Gasteiger partial charge on any atom is 0.266 e. The Labute approximate surface area is 174 Å². The Hall–Kier alpha value is -3.75. The van der Waals surface area contributed by atoms with E-state index in [9.17, 15) is 22.4 Å². The molecular weight excluding hydrogens is 412 g/mol. The highest BCUT2D eigenvalue weighted by atomic mass is 19.2. The normalized spacial score (nSPS) is 18.4. The van der Waals surface area contributed by atoms with E-state index < -0.39 is 35.6 Å². The quantitative estimate of drug-likeness (QED) is 0.645. The number of aromatic nitrogens is 1. The lowest BCUT2D eigenvalue weighted by Crippen LogP contribution is -2.41. The van der Waals surface area contributed by atoms with Crippen molar-refractivity contribution in [3.05, 3.63) is 89.0 Å². The number of hydrogen-bond donors (Lipinski definition) is 1. The molecule has 1 unspecified atom stereocenters. The van der Waals surface area contributed by atoms with Crippen LogP contribution in [0.4, 0.5) is 17.6 Å². The lowest BCUT2D eigenvalue weighted by Gasteiger charge is -2.27. The van der Waals surface area contributed by atoms with Crippen LogP contribution in [-0.2, 0) is 17.0 Å². The van der Waals surface area contributed by atoms with Gasteiger partial charge in [-0.25, -0.2) is 22.6 Å². The molecule has 5 nitrogen and oxygen atoms in total. The molecule has 0 saturated heterocycles. The van der Waals surface area contributed by atoms with Gasteiger partial charge in [0.15, 0.2) is 23.1 Å². The zero-order valence-corrected chi connectivity index (χ0v) is 16.2. The van der Waals surface area contributed by atoms with Gasteiger partial charge in [0, 0.05) is 18.8 Å². The molecule has 1 aromatic heterocycles. The van der Waals surface area contributed by atoms with Gasteiger partial charge in [0.05, 0.1) is 5.69 Å². The predicted molar refractivity (Wildman–Crippen MR) is 106 cm³/mol. The fraction of sp³-hybridized carbons (Fsp3) is 0.136. The highest BCUT2D eigenvalue weighted by molar-refractivity contribution is 6.09. The SMILES string of the molecule is CN1C(=O)C(c2ccnc(CF)c2)(c2cc(F)c(F)c(-c3ccc(F)cc3)c2)N=C1N. The molecule has 4 rings (SSSR count). The second-order valence-electron chi connectivity index (χ2n) is 7.04. The maximum atomic E-state index is 14.7. The van der Waals surface area contributed by atoms with Crippen molar-refractivity contribution in [3.8, 4) is 11.1 Å². The van der Waals surface area contributed by atoms with Gasteiger partial charge in [-0.2, -0.15) is 0 Å². The number of aliphatic imine (C=N–C) groups is 1. The fourth-order valence-corrected chi connectivity index (χ4v) is 3.60. The molecule has 3 aromatic rings. The highest BCUT2D eigenvalue weighted by Crippen LogP contribution is 2.41. The number of nitrogens with two attached hydrogens (primary N) is 1. The third kappa shape index (κ3) is 3.22. The molecule has 0 bridgehead atoms. The molecule has 0 radical (unpaired) electrons. The van der Waals surface area contributed by atoms with E-state index in [1.165, 1.54) is 43.6 Å². The summed E-state index contributed by atoms with van der Waals surface area (Å²) in [6, 6.07) is 9.67. The van der Waals surface area contributed by atoms with E-state index in [0.29, 0.717) is 0 Å². The van der Waals surface area contributed by atoms with Crippen LogP contribution < -0.4 is 5.73 Å². The number of likely N-dealkylation sites (N-methyl/N-ethyl adjacent to an activating group) is 1. The van der Waals surface area contributed by atoms with Crippen LogP contribution >= 0.6 is 0 Å². The van der Waals surface area contributed by atoms with E-state index >= 15 is 0 Å². The van der Waals surface area contributed by atoms with Gasteiger partial charge >= 0.3 is 0 Å². The predicted octanol–water partition coefficient (Wildman–Crippen LogP) is 3.67. The largest absolute Gasteiger partial charge is 0.369 e. The van der Waals surface area contributed by atoms with Crippen LogP contribution in [0.3, 0.4) is 0 Å². The van der Waals surface area contributed by atoms with E-state index in [0.717, 1.165) is 23.1 Å². The van der Waals surface area contributed by atoms with Gasteiger partial charge in [-0.15, -0.1) is 0 Å². The topological polar surface area (TPSA) is 71.6 Å². The molecule has 158 valence electrons. The molecule has 0 aliphatic carbocycles. The third-order valence-electron chi connectivity index (χ3n) is 5.21. The molecule has 0 fully saturated rings.